The second-order valence-electron chi connectivity index (χ2n) is 3.82. The first kappa shape index (κ1) is 11.3. The molecule has 2 aromatic rings. The Bertz CT molecular complexity index is 480. The van der Waals surface area contributed by atoms with Crippen LogP contribution in [0.25, 0.3) is 0 Å². The molecule has 2 rings (SSSR count). The van der Waals surface area contributed by atoms with Gasteiger partial charge in [0.1, 0.15) is 0 Å². The minimum absolute atomic E-state index is 0.111. The van der Waals surface area contributed by atoms with Crippen LogP contribution in [0.5, 0.6) is 0 Å². The van der Waals surface area contributed by atoms with Crippen LogP contribution in [0.4, 0.5) is 0 Å². The van der Waals surface area contributed by atoms with E-state index in [0.29, 0.717) is 0 Å². The molecule has 0 radical (unpaired) electrons. The summed E-state index contributed by atoms with van der Waals surface area (Å²) in [5, 5.41) is 0. The highest BCUT2D eigenvalue weighted by atomic mass is 79.9. The molecule has 0 aliphatic rings. The van der Waals surface area contributed by atoms with E-state index in [2.05, 4.69) is 27.0 Å². The summed E-state index contributed by atoms with van der Waals surface area (Å²) in [7, 11) is 0. The van der Waals surface area contributed by atoms with Crippen LogP contribution in [0, 0.1) is 6.92 Å². The van der Waals surface area contributed by atoms with Crippen molar-refractivity contribution >= 4 is 15.9 Å². The van der Waals surface area contributed by atoms with Gasteiger partial charge in [-0.3, -0.25) is 4.98 Å². The predicted molar refractivity (Wildman–Crippen MR) is 69.1 cm³/mol. The van der Waals surface area contributed by atoms with Gasteiger partial charge in [-0.2, -0.15) is 0 Å². The number of hydrogen-bond acceptors (Lipinski definition) is 2. The van der Waals surface area contributed by atoms with Gasteiger partial charge in [0.05, 0.1) is 6.04 Å². The number of aryl methyl sites for hydroxylation is 1. The fourth-order valence-corrected chi connectivity index (χ4v) is 1.88. The van der Waals surface area contributed by atoms with Crippen LogP contribution >= 0.6 is 15.9 Å². The highest BCUT2D eigenvalue weighted by molar-refractivity contribution is 9.10. The lowest BCUT2D eigenvalue weighted by atomic mass is 10.0. The molecule has 1 atom stereocenters. The molecule has 16 heavy (non-hydrogen) atoms. The summed E-state index contributed by atoms with van der Waals surface area (Å²) in [5.74, 6) is 0. The van der Waals surface area contributed by atoms with E-state index in [1.165, 1.54) is 0 Å². The quantitative estimate of drug-likeness (QED) is 0.915. The summed E-state index contributed by atoms with van der Waals surface area (Å²) in [6, 6.07) is 10.0. The van der Waals surface area contributed by atoms with Gasteiger partial charge in [-0.05, 0) is 35.7 Å². The molecule has 0 amide bonds. The Morgan fingerprint density at radius 3 is 2.44 bits per heavy atom. The number of nitrogens with zero attached hydrogens (tertiary/aromatic N) is 1. The number of hydrogen-bond donors (Lipinski definition) is 1. The monoisotopic (exact) mass is 276 g/mol. The van der Waals surface area contributed by atoms with Crippen molar-refractivity contribution in [1.29, 1.82) is 0 Å². The van der Waals surface area contributed by atoms with E-state index in [9.17, 15) is 0 Å². The van der Waals surface area contributed by atoms with Crippen molar-refractivity contribution in [1.82, 2.24) is 4.98 Å². The van der Waals surface area contributed by atoms with Crippen molar-refractivity contribution in [2.75, 3.05) is 0 Å². The number of rotatable bonds is 2. The minimum Gasteiger partial charge on any atom is -0.320 e. The Morgan fingerprint density at radius 1 is 1.12 bits per heavy atom. The zero-order valence-corrected chi connectivity index (χ0v) is 10.6. The third-order valence-corrected chi connectivity index (χ3v) is 3.01. The normalized spacial score (nSPS) is 12.4. The fraction of sp³-hybridized carbons (Fsp3) is 0.154. The molecule has 1 unspecified atom stereocenters. The van der Waals surface area contributed by atoms with Gasteiger partial charge >= 0.3 is 0 Å². The second kappa shape index (κ2) is 4.76. The zero-order chi connectivity index (χ0) is 11.5. The lowest BCUT2D eigenvalue weighted by Crippen LogP contribution is -2.12. The maximum atomic E-state index is 6.18. The smallest absolute Gasteiger partial charge is 0.0567 e. The molecule has 0 saturated heterocycles. The first-order chi connectivity index (χ1) is 7.66. The van der Waals surface area contributed by atoms with Crippen LogP contribution in [-0.2, 0) is 0 Å². The van der Waals surface area contributed by atoms with Gasteiger partial charge in [-0.15, -0.1) is 0 Å². The minimum atomic E-state index is -0.111. The molecule has 2 N–H and O–H groups in total. The average Bonchev–Trinajstić information content (AvgIpc) is 2.29. The van der Waals surface area contributed by atoms with E-state index in [1.54, 1.807) is 0 Å². The Morgan fingerprint density at radius 2 is 1.81 bits per heavy atom. The SMILES string of the molecule is Cc1cncc(C(N)c2ccc(Br)cc2)c1. The lowest BCUT2D eigenvalue weighted by molar-refractivity contribution is 0.860. The van der Waals surface area contributed by atoms with Crippen LogP contribution in [0.2, 0.25) is 0 Å². The van der Waals surface area contributed by atoms with Crippen LogP contribution in [0.3, 0.4) is 0 Å². The maximum absolute atomic E-state index is 6.18. The molecule has 1 heterocycles. The van der Waals surface area contributed by atoms with Crippen molar-refractivity contribution in [2.45, 2.75) is 13.0 Å². The summed E-state index contributed by atoms with van der Waals surface area (Å²) in [6.45, 7) is 2.02. The molecule has 1 aromatic carbocycles. The summed E-state index contributed by atoms with van der Waals surface area (Å²) >= 11 is 3.41. The lowest BCUT2D eigenvalue weighted by Gasteiger charge is -2.12. The number of halogens is 1. The summed E-state index contributed by atoms with van der Waals surface area (Å²) in [6.07, 6.45) is 3.65. The van der Waals surface area contributed by atoms with E-state index < -0.39 is 0 Å². The van der Waals surface area contributed by atoms with Gasteiger partial charge < -0.3 is 5.73 Å². The molecule has 0 saturated carbocycles. The van der Waals surface area contributed by atoms with Crippen molar-refractivity contribution < 1.29 is 0 Å². The van der Waals surface area contributed by atoms with Gasteiger partial charge in [0, 0.05) is 16.9 Å². The van der Waals surface area contributed by atoms with Gasteiger partial charge in [0.2, 0.25) is 0 Å². The average molecular weight is 277 g/mol. The van der Waals surface area contributed by atoms with Gasteiger partial charge in [-0.1, -0.05) is 34.1 Å². The molecule has 2 nitrogen and oxygen atoms in total. The first-order valence-corrected chi connectivity index (χ1v) is 5.89. The molecule has 3 heteroatoms. The van der Waals surface area contributed by atoms with Crippen molar-refractivity contribution in [3.8, 4) is 0 Å². The summed E-state index contributed by atoms with van der Waals surface area (Å²) < 4.78 is 1.06. The fourth-order valence-electron chi connectivity index (χ4n) is 1.61. The van der Waals surface area contributed by atoms with Gasteiger partial charge in [-0.25, -0.2) is 0 Å². The van der Waals surface area contributed by atoms with Crippen molar-refractivity contribution in [3.63, 3.8) is 0 Å². The van der Waals surface area contributed by atoms with Crippen molar-refractivity contribution in [3.05, 3.63) is 63.9 Å². The molecule has 0 bridgehead atoms. The van der Waals surface area contributed by atoms with E-state index in [1.807, 2.05) is 43.6 Å². The largest absolute Gasteiger partial charge is 0.320 e. The third-order valence-electron chi connectivity index (χ3n) is 2.48. The number of nitrogens with two attached hydrogens (primary N) is 1. The molecule has 0 spiro atoms. The van der Waals surface area contributed by atoms with Gasteiger partial charge in [0.15, 0.2) is 0 Å². The Kier molecular flexibility index (Phi) is 3.36. The molecule has 82 valence electrons. The van der Waals surface area contributed by atoms with E-state index in [0.717, 1.165) is 21.2 Å². The van der Waals surface area contributed by atoms with Crippen LogP contribution < -0.4 is 5.73 Å². The second-order valence-corrected chi connectivity index (χ2v) is 4.74. The topological polar surface area (TPSA) is 38.9 Å². The van der Waals surface area contributed by atoms with Crippen LogP contribution in [0.1, 0.15) is 22.7 Å². The standard InChI is InChI=1S/C13H13BrN2/c1-9-6-11(8-16-7-9)13(15)10-2-4-12(14)5-3-10/h2-8,13H,15H2,1H3. The predicted octanol–water partition coefficient (Wildman–Crippen LogP) is 3.20. The van der Waals surface area contributed by atoms with E-state index in [4.69, 9.17) is 5.73 Å². The Hall–Kier alpha value is -1.19. The van der Waals surface area contributed by atoms with E-state index in [-0.39, 0.29) is 6.04 Å². The Balaban J connectivity index is 2.31. The van der Waals surface area contributed by atoms with Crippen molar-refractivity contribution in [2.24, 2.45) is 5.73 Å². The van der Waals surface area contributed by atoms with Crippen LogP contribution in [-0.4, -0.2) is 4.98 Å². The number of aromatic nitrogens is 1. The summed E-state index contributed by atoms with van der Waals surface area (Å²) in [4.78, 5) is 4.16. The third kappa shape index (κ3) is 2.49. The molecular weight excluding hydrogens is 264 g/mol. The molecule has 0 aliphatic carbocycles. The first-order valence-electron chi connectivity index (χ1n) is 5.09. The molecular formula is C13H13BrN2. The molecule has 0 fully saturated rings. The maximum Gasteiger partial charge on any atom is 0.0567 e. The number of benzene rings is 1. The molecule has 1 aromatic heterocycles. The Labute approximate surface area is 104 Å². The van der Waals surface area contributed by atoms with E-state index >= 15 is 0 Å². The highest BCUT2D eigenvalue weighted by Crippen LogP contribution is 2.21. The highest BCUT2D eigenvalue weighted by Gasteiger charge is 2.08. The van der Waals surface area contributed by atoms with Gasteiger partial charge in [0.25, 0.3) is 0 Å². The number of pyridine rings is 1. The van der Waals surface area contributed by atoms with Crippen LogP contribution in [0.15, 0.2) is 47.2 Å². The molecule has 0 aliphatic heterocycles. The zero-order valence-electron chi connectivity index (χ0n) is 9.02. The summed E-state index contributed by atoms with van der Waals surface area (Å²) in [5.41, 5.74) is 9.45.